The Morgan fingerprint density at radius 1 is 1.35 bits per heavy atom. The van der Waals surface area contributed by atoms with E-state index in [9.17, 15) is 4.79 Å². The first-order chi connectivity index (χ1) is 9.49. The Kier molecular flexibility index (Phi) is 5.38. The van der Waals surface area contributed by atoms with E-state index in [4.69, 9.17) is 39.5 Å². The van der Waals surface area contributed by atoms with Crippen LogP contribution in [0.25, 0.3) is 0 Å². The lowest BCUT2D eigenvalue weighted by atomic mass is 10.2. The van der Waals surface area contributed by atoms with Gasteiger partial charge in [-0.25, -0.2) is 0 Å². The molecule has 0 bridgehead atoms. The Morgan fingerprint density at radius 2 is 2.05 bits per heavy atom. The minimum absolute atomic E-state index is 0.0674. The summed E-state index contributed by atoms with van der Waals surface area (Å²) >= 11 is 17.7. The fourth-order valence-corrected chi connectivity index (χ4v) is 2.64. The number of benzene rings is 1. The van der Waals surface area contributed by atoms with Crippen molar-refractivity contribution in [2.45, 2.75) is 13.0 Å². The van der Waals surface area contributed by atoms with Gasteiger partial charge in [-0.15, -0.1) is 0 Å². The highest BCUT2D eigenvalue weighted by molar-refractivity contribution is 6.43. The zero-order valence-electron chi connectivity index (χ0n) is 11.0. The molecule has 1 fully saturated rings. The van der Waals surface area contributed by atoms with E-state index in [1.165, 1.54) is 12.1 Å². The summed E-state index contributed by atoms with van der Waals surface area (Å²) in [6.07, 6.45) is 0. The van der Waals surface area contributed by atoms with Crippen molar-refractivity contribution in [3.05, 3.63) is 27.2 Å². The highest BCUT2D eigenvalue weighted by Crippen LogP contribution is 2.33. The number of nitrogens with one attached hydrogen (secondary N) is 1. The first-order valence-corrected chi connectivity index (χ1v) is 7.40. The molecule has 7 heteroatoms. The number of amides is 1. The van der Waals surface area contributed by atoms with Crippen LogP contribution in [-0.2, 0) is 4.79 Å². The zero-order chi connectivity index (χ0) is 14.7. The molecule has 2 rings (SSSR count). The third-order valence-electron chi connectivity index (χ3n) is 3.15. The predicted octanol–water partition coefficient (Wildman–Crippen LogP) is 2.85. The summed E-state index contributed by atoms with van der Waals surface area (Å²) in [4.78, 5) is 13.9. The average molecular weight is 338 g/mol. The van der Waals surface area contributed by atoms with Gasteiger partial charge in [0.15, 0.2) is 6.61 Å². The van der Waals surface area contributed by atoms with Crippen LogP contribution in [0.4, 0.5) is 0 Å². The Balaban J connectivity index is 1.98. The van der Waals surface area contributed by atoms with Gasteiger partial charge >= 0.3 is 0 Å². The SMILES string of the molecule is C[C@H]1CNCCN1C(=O)COc1cc(Cl)c(Cl)cc1Cl. The molecule has 0 aromatic heterocycles. The normalized spacial score (nSPS) is 19.0. The second kappa shape index (κ2) is 6.85. The smallest absolute Gasteiger partial charge is 0.260 e. The molecule has 1 aliphatic heterocycles. The summed E-state index contributed by atoms with van der Waals surface area (Å²) < 4.78 is 5.45. The number of carbonyl (C=O) groups is 1. The van der Waals surface area contributed by atoms with Gasteiger partial charge in [-0.3, -0.25) is 4.79 Å². The van der Waals surface area contributed by atoms with Gasteiger partial charge in [-0.1, -0.05) is 34.8 Å². The quantitative estimate of drug-likeness (QED) is 0.862. The average Bonchev–Trinajstić information content (AvgIpc) is 2.41. The maximum absolute atomic E-state index is 12.1. The lowest BCUT2D eigenvalue weighted by Gasteiger charge is -2.33. The van der Waals surface area contributed by atoms with Crippen molar-refractivity contribution >= 4 is 40.7 Å². The molecular formula is C13H15Cl3N2O2. The van der Waals surface area contributed by atoms with E-state index in [-0.39, 0.29) is 18.6 Å². The number of carbonyl (C=O) groups excluding carboxylic acids is 1. The number of hydrogen-bond donors (Lipinski definition) is 1. The van der Waals surface area contributed by atoms with Crippen molar-refractivity contribution < 1.29 is 9.53 Å². The molecule has 0 aliphatic carbocycles. The molecule has 1 heterocycles. The second-order valence-electron chi connectivity index (χ2n) is 4.63. The van der Waals surface area contributed by atoms with E-state index in [1.807, 2.05) is 6.92 Å². The number of hydrogen-bond acceptors (Lipinski definition) is 3. The molecule has 0 spiro atoms. The molecule has 1 atom stereocenters. The van der Waals surface area contributed by atoms with Crippen LogP contribution in [0.3, 0.4) is 0 Å². The molecule has 0 radical (unpaired) electrons. The van der Waals surface area contributed by atoms with Crippen LogP contribution < -0.4 is 10.1 Å². The molecule has 1 aromatic carbocycles. The summed E-state index contributed by atoms with van der Waals surface area (Å²) in [6, 6.07) is 3.17. The minimum atomic E-state index is -0.0684. The lowest BCUT2D eigenvalue weighted by molar-refractivity contribution is -0.136. The van der Waals surface area contributed by atoms with E-state index >= 15 is 0 Å². The van der Waals surface area contributed by atoms with Crippen LogP contribution >= 0.6 is 34.8 Å². The van der Waals surface area contributed by atoms with Gasteiger partial charge < -0.3 is 15.0 Å². The molecule has 1 N–H and O–H groups in total. The Bertz CT molecular complexity index is 511. The number of piperazine rings is 1. The molecule has 1 aromatic rings. The van der Waals surface area contributed by atoms with E-state index in [1.54, 1.807) is 4.90 Å². The zero-order valence-corrected chi connectivity index (χ0v) is 13.2. The largest absolute Gasteiger partial charge is 0.482 e. The summed E-state index contributed by atoms with van der Waals surface area (Å²) in [7, 11) is 0. The van der Waals surface area contributed by atoms with Crippen molar-refractivity contribution in [1.82, 2.24) is 10.2 Å². The van der Waals surface area contributed by atoms with Crippen molar-refractivity contribution in [2.24, 2.45) is 0 Å². The van der Waals surface area contributed by atoms with Gasteiger partial charge in [0.25, 0.3) is 5.91 Å². The molecule has 1 saturated heterocycles. The summed E-state index contributed by atoms with van der Waals surface area (Å²) in [5.41, 5.74) is 0. The molecule has 1 aliphatic rings. The highest BCUT2D eigenvalue weighted by Gasteiger charge is 2.23. The number of ether oxygens (including phenoxy) is 1. The molecule has 110 valence electrons. The van der Waals surface area contributed by atoms with Crippen LogP contribution in [-0.4, -0.2) is 43.1 Å². The minimum Gasteiger partial charge on any atom is -0.482 e. The Labute approximate surface area is 132 Å². The van der Waals surface area contributed by atoms with Crippen molar-refractivity contribution in [3.63, 3.8) is 0 Å². The van der Waals surface area contributed by atoms with Gasteiger partial charge in [0, 0.05) is 31.7 Å². The van der Waals surface area contributed by atoms with Gasteiger partial charge in [-0.05, 0) is 13.0 Å². The molecule has 1 amide bonds. The Hall–Kier alpha value is -0.680. The summed E-state index contributed by atoms with van der Waals surface area (Å²) in [5, 5.41) is 4.26. The first-order valence-electron chi connectivity index (χ1n) is 6.26. The van der Waals surface area contributed by atoms with Gasteiger partial charge in [0.1, 0.15) is 5.75 Å². The number of halogens is 3. The van der Waals surface area contributed by atoms with E-state index < -0.39 is 0 Å². The first kappa shape index (κ1) is 15.7. The van der Waals surface area contributed by atoms with Crippen molar-refractivity contribution in [1.29, 1.82) is 0 Å². The molecule has 0 saturated carbocycles. The van der Waals surface area contributed by atoms with Crippen LogP contribution in [0.15, 0.2) is 12.1 Å². The monoisotopic (exact) mass is 336 g/mol. The fraction of sp³-hybridized carbons (Fsp3) is 0.462. The van der Waals surface area contributed by atoms with Gasteiger partial charge in [-0.2, -0.15) is 0 Å². The molecule has 4 nitrogen and oxygen atoms in total. The molecular weight excluding hydrogens is 323 g/mol. The van der Waals surface area contributed by atoms with Gasteiger partial charge in [0.05, 0.1) is 15.1 Å². The van der Waals surface area contributed by atoms with E-state index in [2.05, 4.69) is 5.32 Å². The van der Waals surface area contributed by atoms with E-state index in [0.29, 0.717) is 27.4 Å². The van der Waals surface area contributed by atoms with E-state index in [0.717, 1.165) is 13.1 Å². The van der Waals surface area contributed by atoms with Crippen LogP contribution in [0.5, 0.6) is 5.75 Å². The van der Waals surface area contributed by atoms with Crippen LogP contribution in [0.2, 0.25) is 15.1 Å². The van der Waals surface area contributed by atoms with Crippen LogP contribution in [0, 0.1) is 0 Å². The summed E-state index contributed by atoms with van der Waals surface area (Å²) in [5.74, 6) is 0.290. The third-order valence-corrected chi connectivity index (χ3v) is 4.17. The van der Waals surface area contributed by atoms with Crippen molar-refractivity contribution in [2.75, 3.05) is 26.2 Å². The highest BCUT2D eigenvalue weighted by atomic mass is 35.5. The third kappa shape index (κ3) is 3.70. The van der Waals surface area contributed by atoms with Crippen LogP contribution in [0.1, 0.15) is 6.92 Å². The topological polar surface area (TPSA) is 41.6 Å². The fourth-order valence-electron chi connectivity index (χ4n) is 2.05. The van der Waals surface area contributed by atoms with Crippen molar-refractivity contribution in [3.8, 4) is 5.75 Å². The second-order valence-corrected chi connectivity index (χ2v) is 5.85. The molecule has 0 unspecified atom stereocenters. The number of nitrogens with zero attached hydrogens (tertiary/aromatic N) is 1. The number of rotatable bonds is 3. The van der Waals surface area contributed by atoms with Gasteiger partial charge in [0.2, 0.25) is 0 Å². The standard InChI is InChI=1S/C13H15Cl3N2O2/c1-8-6-17-2-3-18(8)13(19)7-20-12-5-10(15)9(14)4-11(12)16/h4-5,8,17H,2-3,6-7H2,1H3/t8-/m0/s1. The lowest BCUT2D eigenvalue weighted by Crippen LogP contribution is -2.53. The maximum atomic E-state index is 12.1. The summed E-state index contributed by atoms with van der Waals surface area (Å²) in [6.45, 7) is 4.19. The maximum Gasteiger partial charge on any atom is 0.260 e. The Morgan fingerprint density at radius 3 is 2.75 bits per heavy atom. The molecule has 20 heavy (non-hydrogen) atoms. The predicted molar refractivity (Wildman–Crippen MR) is 81.0 cm³/mol.